The molecule has 124 valence electrons. The minimum atomic E-state index is -0.440. The molecule has 1 N–H and O–H groups in total. The Morgan fingerprint density at radius 2 is 2.25 bits per heavy atom. The third kappa shape index (κ3) is 4.56. The molecule has 3 aromatic rings. The zero-order chi connectivity index (χ0) is 16.8. The fourth-order valence-electron chi connectivity index (χ4n) is 1.98. The summed E-state index contributed by atoms with van der Waals surface area (Å²) in [6.45, 7) is 0.417. The number of nitro groups is 1. The summed E-state index contributed by atoms with van der Waals surface area (Å²) in [5.41, 5.74) is 0.0207. The molecule has 0 aliphatic rings. The van der Waals surface area contributed by atoms with Gasteiger partial charge in [-0.05, 0) is 17.5 Å². The molecule has 0 saturated heterocycles. The summed E-state index contributed by atoms with van der Waals surface area (Å²) in [6, 6.07) is 10.2. The standard InChI is InChI=1S/C15H14N4O3S2/c20-19(21)11-3-1-4-12(9-11)22-6-8-24-15-16-14(17-18-15)10-13-5-2-7-23-13/h1-5,7,9H,6,8,10H2,(H,16,17,18). The number of aromatic amines is 1. The number of hydrogen-bond acceptors (Lipinski definition) is 7. The first kappa shape index (κ1) is 16.5. The van der Waals surface area contributed by atoms with Crippen molar-refractivity contribution in [3.05, 3.63) is 62.6 Å². The molecule has 24 heavy (non-hydrogen) atoms. The Labute approximate surface area is 146 Å². The maximum absolute atomic E-state index is 10.7. The van der Waals surface area contributed by atoms with E-state index in [0.29, 0.717) is 23.3 Å². The molecule has 3 rings (SSSR count). The van der Waals surface area contributed by atoms with Gasteiger partial charge in [0.15, 0.2) is 0 Å². The van der Waals surface area contributed by atoms with Crippen molar-refractivity contribution in [2.24, 2.45) is 0 Å². The number of nitro benzene ring substituents is 1. The van der Waals surface area contributed by atoms with Crippen LogP contribution in [-0.2, 0) is 6.42 Å². The lowest BCUT2D eigenvalue weighted by Gasteiger charge is -2.04. The van der Waals surface area contributed by atoms with Gasteiger partial charge in [-0.2, -0.15) is 0 Å². The van der Waals surface area contributed by atoms with Crippen LogP contribution >= 0.6 is 23.1 Å². The molecule has 0 atom stereocenters. The van der Waals surface area contributed by atoms with E-state index in [2.05, 4.69) is 21.2 Å². The molecule has 1 aromatic carbocycles. The SMILES string of the molecule is O=[N+]([O-])c1cccc(OCCSc2n[nH]c(Cc3cccs3)n2)c1. The third-order valence-corrected chi connectivity index (χ3v) is 4.73. The van der Waals surface area contributed by atoms with E-state index < -0.39 is 4.92 Å². The van der Waals surface area contributed by atoms with Crippen LogP contribution in [-0.4, -0.2) is 32.5 Å². The highest BCUT2D eigenvalue weighted by molar-refractivity contribution is 7.99. The summed E-state index contributed by atoms with van der Waals surface area (Å²) in [6.07, 6.45) is 0.745. The number of thiophene rings is 1. The lowest BCUT2D eigenvalue weighted by Crippen LogP contribution is -2.00. The first-order valence-corrected chi connectivity index (χ1v) is 9.01. The molecule has 2 heterocycles. The first-order valence-electron chi connectivity index (χ1n) is 7.14. The van der Waals surface area contributed by atoms with Gasteiger partial charge < -0.3 is 4.74 Å². The first-order chi connectivity index (χ1) is 11.7. The zero-order valence-electron chi connectivity index (χ0n) is 12.5. The van der Waals surface area contributed by atoms with Crippen molar-refractivity contribution in [2.75, 3.05) is 12.4 Å². The van der Waals surface area contributed by atoms with Crippen LogP contribution in [0.25, 0.3) is 0 Å². The number of nitrogens with one attached hydrogen (secondary N) is 1. The van der Waals surface area contributed by atoms with Crippen LogP contribution in [0.15, 0.2) is 46.9 Å². The molecule has 0 unspecified atom stereocenters. The van der Waals surface area contributed by atoms with Crippen LogP contribution in [0.1, 0.15) is 10.7 Å². The number of hydrogen-bond donors (Lipinski definition) is 1. The average Bonchev–Trinajstić information content (AvgIpc) is 3.24. The largest absolute Gasteiger partial charge is 0.492 e. The van der Waals surface area contributed by atoms with Gasteiger partial charge in [0, 0.05) is 23.1 Å². The maximum Gasteiger partial charge on any atom is 0.273 e. The molecule has 0 amide bonds. The Morgan fingerprint density at radius 1 is 1.33 bits per heavy atom. The van der Waals surface area contributed by atoms with E-state index >= 15 is 0 Å². The van der Waals surface area contributed by atoms with Gasteiger partial charge >= 0.3 is 0 Å². The lowest BCUT2D eigenvalue weighted by atomic mass is 10.3. The number of nitrogens with zero attached hydrogens (tertiary/aromatic N) is 3. The van der Waals surface area contributed by atoms with E-state index in [9.17, 15) is 10.1 Å². The van der Waals surface area contributed by atoms with Crippen molar-refractivity contribution < 1.29 is 9.66 Å². The molecule has 0 aliphatic carbocycles. The molecular weight excluding hydrogens is 348 g/mol. The van der Waals surface area contributed by atoms with Crippen molar-refractivity contribution in [1.29, 1.82) is 0 Å². The second kappa shape index (κ2) is 7.93. The predicted molar refractivity (Wildman–Crippen MR) is 92.8 cm³/mol. The Morgan fingerprint density at radius 3 is 3.04 bits per heavy atom. The molecule has 0 radical (unpaired) electrons. The van der Waals surface area contributed by atoms with Gasteiger partial charge in [0.1, 0.15) is 11.6 Å². The van der Waals surface area contributed by atoms with Crippen LogP contribution in [0.3, 0.4) is 0 Å². The van der Waals surface area contributed by atoms with Crippen LogP contribution in [0.4, 0.5) is 5.69 Å². The number of rotatable bonds is 8. The minimum Gasteiger partial charge on any atom is -0.492 e. The molecule has 0 spiro atoms. The zero-order valence-corrected chi connectivity index (χ0v) is 14.2. The monoisotopic (exact) mass is 362 g/mol. The third-order valence-electron chi connectivity index (χ3n) is 3.04. The van der Waals surface area contributed by atoms with E-state index in [1.807, 2.05) is 11.4 Å². The molecular formula is C15H14N4O3S2. The molecule has 7 nitrogen and oxygen atoms in total. The number of non-ortho nitro benzene ring substituents is 1. The highest BCUT2D eigenvalue weighted by Crippen LogP contribution is 2.20. The number of thioether (sulfide) groups is 1. The summed E-state index contributed by atoms with van der Waals surface area (Å²) >= 11 is 3.16. The fourth-order valence-corrected chi connectivity index (χ4v) is 3.32. The summed E-state index contributed by atoms with van der Waals surface area (Å²) in [5.74, 6) is 1.97. The normalized spacial score (nSPS) is 10.7. The van der Waals surface area contributed by atoms with Crippen molar-refractivity contribution in [3.63, 3.8) is 0 Å². The number of H-pyrrole nitrogens is 1. The van der Waals surface area contributed by atoms with Crippen LogP contribution in [0.2, 0.25) is 0 Å². The quantitative estimate of drug-likeness (QED) is 0.285. The molecule has 2 aromatic heterocycles. The summed E-state index contributed by atoms with van der Waals surface area (Å²) in [5, 5.41) is 20.5. The lowest BCUT2D eigenvalue weighted by molar-refractivity contribution is -0.384. The fraction of sp³-hybridized carbons (Fsp3) is 0.200. The highest BCUT2D eigenvalue weighted by atomic mass is 32.2. The van der Waals surface area contributed by atoms with E-state index in [4.69, 9.17) is 4.74 Å². The van der Waals surface area contributed by atoms with Gasteiger partial charge in [0.05, 0.1) is 17.6 Å². The average molecular weight is 362 g/mol. The Bertz CT molecular complexity index is 805. The van der Waals surface area contributed by atoms with Crippen LogP contribution in [0.5, 0.6) is 5.75 Å². The van der Waals surface area contributed by atoms with Gasteiger partial charge in [0.25, 0.3) is 5.69 Å². The van der Waals surface area contributed by atoms with Crippen molar-refractivity contribution in [1.82, 2.24) is 15.2 Å². The summed E-state index contributed by atoms with van der Waals surface area (Å²) < 4.78 is 5.52. The Kier molecular flexibility index (Phi) is 5.44. The number of aromatic nitrogens is 3. The summed E-state index contributed by atoms with van der Waals surface area (Å²) in [4.78, 5) is 15.9. The van der Waals surface area contributed by atoms with Gasteiger partial charge in [0.2, 0.25) is 5.16 Å². The highest BCUT2D eigenvalue weighted by Gasteiger charge is 2.08. The summed E-state index contributed by atoms with van der Waals surface area (Å²) in [7, 11) is 0. The number of ether oxygens (including phenoxy) is 1. The van der Waals surface area contributed by atoms with E-state index in [-0.39, 0.29) is 5.69 Å². The van der Waals surface area contributed by atoms with Gasteiger partial charge in [-0.3, -0.25) is 15.2 Å². The number of benzene rings is 1. The molecule has 0 bridgehead atoms. The molecule has 0 fully saturated rings. The van der Waals surface area contributed by atoms with Crippen LogP contribution < -0.4 is 4.74 Å². The van der Waals surface area contributed by atoms with Gasteiger partial charge in [-0.25, -0.2) is 4.98 Å². The maximum atomic E-state index is 10.7. The van der Waals surface area contributed by atoms with E-state index in [0.717, 1.165) is 12.2 Å². The molecule has 0 aliphatic heterocycles. The van der Waals surface area contributed by atoms with Gasteiger partial charge in [-0.1, -0.05) is 23.9 Å². The Balaban J connectivity index is 1.44. The molecule has 9 heteroatoms. The second-order valence-electron chi connectivity index (χ2n) is 4.77. The van der Waals surface area contributed by atoms with E-state index in [1.165, 1.54) is 28.8 Å². The van der Waals surface area contributed by atoms with Crippen molar-refractivity contribution in [3.8, 4) is 5.75 Å². The molecule has 0 saturated carbocycles. The topological polar surface area (TPSA) is 93.9 Å². The predicted octanol–water partition coefficient (Wildman–Crippen LogP) is 3.54. The van der Waals surface area contributed by atoms with Crippen molar-refractivity contribution in [2.45, 2.75) is 11.6 Å². The van der Waals surface area contributed by atoms with Crippen LogP contribution in [0, 0.1) is 10.1 Å². The smallest absolute Gasteiger partial charge is 0.273 e. The Hall–Kier alpha value is -2.39. The van der Waals surface area contributed by atoms with E-state index in [1.54, 1.807) is 23.5 Å². The second-order valence-corrected chi connectivity index (χ2v) is 6.87. The van der Waals surface area contributed by atoms with Gasteiger partial charge in [-0.15, -0.1) is 16.4 Å². The minimum absolute atomic E-state index is 0.0207. The van der Waals surface area contributed by atoms with Crippen molar-refractivity contribution >= 4 is 28.8 Å².